The Morgan fingerprint density at radius 1 is 1.53 bits per heavy atom. The summed E-state index contributed by atoms with van der Waals surface area (Å²) in [6.07, 6.45) is 5.21. The molecule has 2 N–H and O–H groups in total. The highest BCUT2D eigenvalue weighted by molar-refractivity contribution is 5.92. The van der Waals surface area contributed by atoms with Crippen LogP contribution >= 0.6 is 0 Å². The van der Waals surface area contributed by atoms with Crippen molar-refractivity contribution in [2.24, 2.45) is 5.92 Å². The van der Waals surface area contributed by atoms with Crippen LogP contribution in [0.5, 0.6) is 0 Å². The van der Waals surface area contributed by atoms with Gasteiger partial charge in [-0.25, -0.2) is 9.97 Å². The first-order chi connectivity index (χ1) is 9.13. The minimum Gasteiger partial charge on any atom is -0.383 e. The number of nitrogen functional groups attached to an aromatic ring is 1. The van der Waals surface area contributed by atoms with Crippen LogP contribution in [0.25, 0.3) is 0 Å². The van der Waals surface area contributed by atoms with Gasteiger partial charge in [-0.3, -0.25) is 4.79 Å². The molecule has 1 aromatic rings. The minimum absolute atomic E-state index is 0.107. The minimum atomic E-state index is -0.107. The summed E-state index contributed by atoms with van der Waals surface area (Å²) < 4.78 is 5.08. The third-order valence-corrected chi connectivity index (χ3v) is 3.48. The van der Waals surface area contributed by atoms with Crippen molar-refractivity contribution in [1.29, 1.82) is 0 Å². The zero-order chi connectivity index (χ0) is 13.8. The third-order valence-electron chi connectivity index (χ3n) is 3.48. The number of anilines is 1. The van der Waals surface area contributed by atoms with Crippen molar-refractivity contribution in [2.75, 3.05) is 26.0 Å². The van der Waals surface area contributed by atoms with Crippen LogP contribution in [0.1, 0.15) is 30.3 Å². The van der Waals surface area contributed by atoms with Crippen molar-refractivity contribution >= 4 is 11.7 Å². The van der Waals surface area contributed by atoms with Crippen LogP contribution in [0.2, 0.25) is 0 Å². The van der Waals surface area contributed by atoms with Gasteiger partial charge in [-0.2, -0.15) is 0 Å². The SMILES string of the molecule is COCCN(C(=O)c1cnc(N)cn1)C(C)C1CC1. The number of carbonyl (C=O) groups excluding carboxylic acids is 1. The molecular weight excluding hydrogens is 244 g/mol. The third kappa shape index (κ3) is 3.41. The average Bonchev–Trinajstić information content (AvgIpc) is 3.23. The van der Waals surface area contributed by atoms with E-state index in [0.717, 1.165) is 0 Å². The largest absolute Gasteiger partial charge is 0.383 e. The maximum absolute atomic E-state index is 12.5. The van der Waals surface area contributed by atoms with Gasteiger partial charge in [0.15, 0.2) is 0 Å². The topological polar surface area (TPSA) is 81.3 Å². The summed E-state index contributed by atoms with van der Waals surface area (Å²) in [5, 5.41) is 0. The molecule has 0 bridgehead atoms. The first-order valence-corrected chi connectivity index (χ1v) is 6.51. The first kappa shape index (κ1) is 13.7. The number of rotatable bonds is 6. The Morgan fingerprint density at radius 3 is 2.79 bits per heavy atom. The molecule has 19 heavy (non-hydrogen) atoms. The fraction of sp³-hybridized carbons (Fsp3) is 0.615. The zero-order valence-electron chi connectivity index (χ0n) is 11.4. The van der Waals surface area contributed by atoms with E-state index in [1.165, 1.54) is 25.2 Å². The quantitative estimate of drug-likeness (QED) is 0.827. The van der Waals surface area contributed by atoms with Crippen LogP contribution in [-0.2, 0) is 4.74 Å². The Balaban J connectivity index is 2.11. The van der Waals surface area contributed by atoms with E-state index in [9.17, 15) is 4.79 Å². The highest BCUT2D eigenvalue weighted by Crippen LogP contribution is 2.35. The fourth-order valence-corrected chi connectivity index (χ4v) is 2.11. The molecule has 1 heterocycles. The monoisotopic (exact) mass is 264 g/mol. The van der Waals surface area contributed by atoms with Crippen LogP contribution in [0.15, 0.2) is 12.4 Å². The summed E-state index contributed by atoms with van der Waals surface area (Å²) in [6.45, 7) is 3.17. The molecule has 2 rings (SSSR count). The van der Waals surface area contributed by atoms with Gasteiger partial charge in [0.05, 0.1) is 19.0 Å². The van der Waals surface area contributed by atoms with Crippen LogP contribution in [0, 0.1) is 5.92 Å². The second-order valence-electron chi connectivity index (χ2n) is 4.90. The van der Waals surface area contributed by atoms with Crippen molar-refractivity contribution in [1.82, 2.24) is 14.9 Å². The summed E-state index contributed by atoms with van der Waals surface area (Å²) in [7, 11) is 1.63. The smallest absolute Gasteiger partial charge is 0.274 e. The maximum atomic E-state index is 12.5. The Bertz CT molecular complexity index is 431. The van der Waals surface area contributed by atoms with E-state index < -0.39 is 0 Å². The maximum Gasteiger partial charge on any atom is 0.274 e. The van der Waals surface area contributed by atoms with E-state index in [4.69, 9.17) is 10.5 Å². The molecule has 1 aliphatic rings. The fourth-order valence-electron chi connectivity index (χ4n) is 2.11. The standard InChI is InChI=1S/C13H20N4O2/c1-9(10-3-4-10)17(5-6-19-2)13(18)11-7-16-12(14)8-15-11/h7-10H,3-6H2,1-2H3,(H2,14,16). The highest BCUT2D eigenvalue weighted by Gasteiger charge is 2.34. The number of aromatic nitrogens is 2. The molecule has 1 aromatic heterocycles. The lowest BCUT2D eigenvalue weighted by molar-refractivity contribution is 0.0588. The second-order valence-corrected chi connectivity index (χ2v) is 4.90. The van der Waals surface area contributed by atoms with Gasteiger partial charge >= 0.3 is 0 Å². The van der Waals surface area contributed by atoms with Crippen molar-refractivity contribution in [3.8, 4) is 0 Å². The lowest BCUT2D eigenvalue weighted by Gasteiger charge is -2.28. The Kier molecular flexibility index (Phi) is 4.31. The molecule has 1 fully saturated rings. The number of ether oxygens (including phenoxy) is 1. The molecule has 0 aromatic carbocycles. The van der Waals surface area contributed by atoms with E-state index in [0.29, 0.717) is 30.6 Å². The summed E-state index contributed by atoms with van der Waals surface area (Å²) in [6, 6.07) is 0.210. The van der Waals surface area contributed by atoms with Gasteiger partial charge < -0.3 is 15.4 Å². The summed E-state index contributed by atoms with van der Waals surface area (Å²) in [4.78, 5) is 22.3. The van der Waals surface area contributed by atoms with Gasteiger partial charge in [-0.15, -0.1) is 0 Å². The van der Waals surface area contributed by atoms with Gasteiger partial charge in [0, 0.05) is 19.7 Å². The van der Waals surface area contributed by atoms with Crippen molar-refractivity contribution in [3.05, 3.63) is 18.1 Å². The Hall–Kier alpha value is -1.69. The number of nitrogens with zero attached hydrogens (tertiary/aromatic N) is 3. The lowest BCUT2D eigenvalue weighted by Crippen LogP contribution is -2.42. The van der Waals surface area contributed by atoms with E-state index in [2.05, 4.69) is 16.9 Å². The molecule has 1 unspecified atom stereocenters. The number of amides is 1. The molecule has 0 saturated heterocycles. The summed E-state index contributed by atoms with van der Waals surface area (Å²) >= 11 is 0. The molecule has 104 valence electrons. The van der Waals surface area contributed by atoms with Crippen molar-refractivity contribution in [2.45, 2.75) is 25.8 Å². The van der Waals surface area contributed by atoms with E-state index in [-0.39, 0.29) is 11.9 Å². The van der Waals surface area contributed by atoms with Gasteiger partial charge in [0.2, 0.25) is 0 Å². The molecule has 1 saturated carbocycles. The molecule has 1 atom stereocenters. The number of hydrogen-bond acceptors (Lipinski definition) is 5. The molecule has 1 amide bonds. The van der Waals surface area contributed by atoms with Crippen molar-refractivity contribution in [3.63, 3.8) is 0 Å². The number of hydrogen-bond donors (Lipinski definition) is 1. The molecule has 0 aliphatic heterocycles. The highest BCUT2D eigenvalue weighted by atomic mass is 16.5. The first-order valence-electron chi connectivity index (χ1n) is 6.51. The predicted octanol–water partition coefficient (Wildman–Crippen LogP) is 0.946. The van der Waals surface area contributed by atoms with E-state index in [1.807, 2.05) is 4.90 Å². The second kappa shape index (κ2) is 5.97. The Morgan fingerprint density at radius 2 is 2.26 bits per heavy atom. The van der Waals surface area contributed by atoms with Crippen LogP contribution in [-0.4, -0.2) is 47.1 Å². The molecule has 6 nitrogen and oxygen atoms in total. The average molecular weight is 264 g/mol. The number of nitrogens with two attached hydrogens (primary N) is 1. The molecule has 1 aliphatic carbocycles. The van der Waals surface area contributed by atoms with Crippen molar-refractivity contribution < 1.29 is 9.53 Å². The molecular formula is C13H20N4O2. The number of methoxy groups -OCH3 is 1. The van der Waals surface area contributed by atoms with Gasteiger partial charge in [0.1, 0.15) is 11.5 Å². The predicted molar refractivity (Wildman–Crippen MR) is 71.5 cm³/mol. The molecule has 6 heteroatoms. The normalized spacial score (nSPS) is 16.1. The number of carbonyl (C=O) groups is 1. The lowest BCUT2D eigenvalue weighted by atomic mass is 10.1. The summed E-state index contributed by atoms with van der Waals surface area (Å²) in [5.41, 5.74) is 5.81. The Labute approximate surface area is 113 Å². The van der Waals surface area contributed by atoms with Crippen LogP contribution < -0.4 is 5.73 Å². The van der Waals surface area contributed by atoms with Gasteiger partial charge in [-0.1, -0.05) is 0 Å². The van der Waals surface area contributed by atoms with Gasteiger partial charge in [-0.05, 0) is 25.7 Å². The molecule has 0 radical (unpaired) electrons. The zero-order valence-corrected chi connectivity index (χ0v) is 11.4. The van der Waals surface area contributed by atoms with E-state index in [1.54, 1.807) is 7.11 Å². The van der Waals surface area contributed by atoms with Crippen LogP contribution in [0.4, 0.5) is 5.82 Å². The van der Waals surface area contributed by atoms with Crippen LogP contribution in [0.3, 0.4) is 0 Å². The molecule has 0 spiro atoms. The van der Waals surface area contributed by atoms with E-state index >= 15 is 0 Å². The van der Waals surface area contributed by atoms with Gasteiger partial charge in [0.25, 0.3) is 5.91 Å². The summed E-state index contributed by atoms with van der Waals surface area (Å²) in [5.74, 6) is 0.807.